The number of hydrazine groups is 1. The Bertz CT molecular complexity index is 454. The molecule has 1 atom stereocenters. The third-order valence-electron chi connectivity index (χ3n) is 2.32. The van der Waals surface area contributed by atoms with E-state index < -0.39 is 23.6 Å². The van der Waals surface area contributed by atoms with Gasteiger partial charge in [-0.2, -0.15) is 0 Å². The van der Waals surface area contributed by atoms with Crippen molar-refractivity contribution in [3.63, 3.8) is 0 Å². The molecular formula is C14H21N3O3. The van der Waals surface area contributed by atoms with E-state index in [1.807, 2.05) is 30.3 Å². The van der Waals surface area contributed by atoms with Crippen LogP contribution in [0.3, 0.4) is 0 Å². The third kappa shape index (κ3) is 6.19. The van der Waals surface area contributed by atoms with Crippen molar-refractivity contribution in [1.82, 2.24) is 10.9 Å². The fraction of sp³-hybridized carbons (Fsp3) is 0.429. The normalized spacial score (nSPS) is 12.4. The Morgan fingerprint density at radius 3 is 2.35 bits per heavy atom. The number of hydrogen-bond acceptors (Lipinski definition) is 4. The zero-order chi connectivity index (χ0) is 15.2. The van der Waals surface area contributed by atoms with Gasteiger partial charge in [-0.1, -0.05) is 30.3 Å². The van der Waals surface area contributed by atoms with Crippen LogP contribution in [-0.2, 0) is 16.0 Å². The lowest BCUT2D eigenvalue weighted by atomic mass is 10.1. The van der Waals surface area contributed by atoms with Crippen LogP contribution in [0.1, 0.15) is 26.3 Å². The summed E-state index contributed by atoms with van der Waals surface area (Å²) in [6, 6.07) is 8.66. The Balaban J connectivity index is 2.37. The van der Waals surface area contributed by atoms with Gasteiger partial charge >= 0.3 is 6.09 Å². The van der Waals surface area contributed by atoms with Gasteiger partial charge < -0.3 is 10.5 Å². The summed E-state index contributed by atoms with van der Waals surface area (Å²) < 4.78 is 4.98. The molecule has 1 rings (SSSR count). The second kappa shape index (κ2) is 6.91. The van der Waals surface area contributed by atoms with Gasteiger partial charge in [0.15, 0.2) is 0 Å². The smallest absolute Gasteiger partial charge is 0.426 e. The zero-order valence-corrected chi connectivity index (χ0v) is 12.0. The van der Waals surface area contributed by atoms with Crippen LogP contribution < -0.4 is 16.6 Å². The van der Waals surface area contributed by atoms with E-state index in [9.17, 15) is 9.59 Å². The van der Waals surface area contributed by atoms with E-state index >= 15 is 0 Å². The van der Waals surface area contributed by atoms with Crippen molar-refractivity contribution in [2.75, 3.05) is 0 Å². The first-order valence-corrected chi connectivity index (χ1v) is 6.36. The van der Waals surface area contributed by atoms with Crippen LogP contribution in [0.15, 0.2) is 30.3 Å². The summed E-state index contributed by atoms with van der Waals surface area (Å²) >= 11 is 0. The van der Waals surface area contributed by atoms with E-state index in [4.69, 9.17) is 10.5 Å². The van der Waals surface area contributed by atoms with Crippen LogP contribution in [0, 0.1) is 0 Å². The lowest BCUT2D eigenvalue weighted by Gasteiger charge is -2.20. The predicted molar refractivity (Wildman–Crippen MR) is 75.6 cm³/mol. The van der Waals surface area contributed by atoms with Crippen molar-refractivity contribution in [2.45, 2.75) is 38.8 Å². The molecule has 2 amide bonds. The second-order valence-electron chi connectivity index (χ2n) is 5.41. The van der Waals surface area contributed by atoms with Crippen molar-refractivity contribution >= 4 is 12.0 Å². The average molecular weight is 279 g/mol. The summed E-state index contributed by atoms with van der Waals surface area (Å²) in [7, 11) is 0. The van der Waals surface area contributed by atoms with Crippen LogP contribution in [0.5, 0.6) is 0 Å². The van der Waals surface area contributed by atoms with Gasteiger partial charge in [0.1, 0.15) is 5.60 Å². The first-order valence-electron chi connectivity index (χ1n) is 6.36. The minimum absolute atomic E-state index is 0.392. The number of carbonyl (C=O) groups is 2. The minimum Gasteiger partial charge on any atom is -0.443 e. The molecule has 0 heterocycles. The van der Waals surface area contributed by atoms with Gasteiger partial charge in [-0.25, -0.2) is 10.2 Å². The van der Waals surface area contributed by atoms with Crippen LogP contribution >= 0.6 is 0 Å². The van der Waals surface area contributed by atoms with Crippen LogP contribution in [0.2, 0.25) is 0 Å². The number of nitrogens with two attached hydrogens (primary N) is 1. The second-order valence-corrected chi connectivity index (χ2v) is 5.41. The van der Waals surface area contributed by atoms with Crippen molar-refractivity contribution in [3.05, 3.63) is 35.9 Å². The highest BCUT2D eigenvalue weighted by Gasteiger charge is 2.18. The number of ether oxygens (including phenoxy) is 1. The molecule has 1 aromatic rings. The van der Waals surface area contributed by atoms with Gasteiger partial charge in [0, 0.05) is 0 Å². The highest BCUT2D eigenvalue weighted by Crippen LogP contribution is 2.06. The number of rotatable bonds is 3. The van der Waals surface area contributed by atoms with E-state index in [0.29, 0.717) is 6.42 Å². The maximum Gasteiger partial charge on any atom is 0.426 e. The average Bonchev–Trinajstić information content (AvgIpc) is 2.35. The highest BCUT2D eigenvalue weighted by molar-refractivity contribution is 5.83. The quantitative estimate of drug-likeness (QED) is 0.723. The number of carbonyl (C=O) groups excluding carboxylic acids is 2. The van der Waals surface area contributed by atoms with Gasteiger partial charge in [0.2, 0.25) is 0 Å². The molecule has 0 aliphatic heterocycles. The standard InChI is InChI=1S/C14H21N3O3/c1-14(2,3)20-13(19)17-16-12(18)11(15)9-10-7-5-4-6-8-10/h4-8,11H,9,15H2,1-3H3,(H,16,18)(H,17,19)/t11-/m0/s1. The Morgan fingerprint density at radius 1 is 1.20 bits per heavy atom. The molecule has 110 valence electrons. The van der Waals surface area contributed by atoms with E-state index in [1.54, 1.807) is 20.8 Å². The van der Waals surface area contributed by atoms with Crippen LogP contribution in [-0.4, -0.2) is 23.6 Å². The molecule has 6 heteroatoms. The van der Waals surface area contributed by atoms with Gasteiger partial charge in [0.05, 0.1) is 6.04 Å². The molecule has 6 nitrogen and oxygen atoms in total. The van der Waals surface area contributed by atoms with E-state index in [-0.39, 0.29) is 0 Å². The third-order valence-corrected chi connectivity index (χ3v) is 2.32. The van der Waals surface area contributed by atoms with Gasteiger partial charge in [-0.15, -0.1) is 0 Å². The maximum absolute atomic E-state index is 11.7. The Hall–Kier alpha value is -2.08. The molecule has 1 aromatic carbocycles. The van der Waals surface area contributed by atoms with E-state index in [0.717, 1.165) is 5.56 Å². The van der Waals surface area contributed by atoms with E-state index in [1.165, 1.54) is 0 Å². The number of benzene rings is 1. The van der Waals surface area contributed by atoms with Crippen LogP contribution in [0.4, 0.5) is 4.79 Å². The SMILES string of the molecule is CC(C)(C)OC(=O)NNC(=O)[C@@H](N)Cc1ccccc1. The van der Waals surface area contributed by atoms with Gasteiger partial charge in [0.25, 0.3) is 5.91 Å². The number of amides is 2. The molecule has 0 radical (unpaired) electrons. The number of nitrogens with one attached hydrogen (secondary N) is 2. The largest absolute Gasteiger partial charge is 0.443 e. The highest BCUT2D eigenvalue weighted by atomic mass is 16.6. The predicted octanol–water partition coefficient (Wildman–Crippen LogP) is 1.11. The lowest BCUT2D eigenvalue weighted by molar-refractivity contribution is -0.123. The molecule has 0 saturated heterocycles. The molecule has 0 spiro atoms. The van der Waals surface area contributed by atoms with Crippen molar-refractivity contribution < 1.29 is 14.3 Å². The lowest BCUT2D eigenvalue weighted by Crippen LogP contribution is -2.51. The number of hydrogen-bond donors (Lipinski definition) is 3. The molecule has 0 bridgehead atoms. The summed E-state index contributed by atoms with van der Waals surface area (Å²) in [6.45, 7) is 5.20. The van der Waals surface area contributed by atoms with Crippen molar-refractivity contribution in [3.8, 4) is 0 Å². The fourth-order valence-electron chi connectivity index (χ4n) is 1.47. The van der Waals surface area contributed by atoms with Gasteiger partial charge in [-0.3, -0.25) is 10.2 Å². The zero-order valence-electron chi connectivity index (χ0n) is 12.0. The summed E-state index contributed by atoms with van der Waals surface area (Å²) in [6.07, 6.45) is -0.333. The summed E-state index contributed by atoms with van der Waals surface area (Å²) in [5.74, 6) is -0.472. The monoisotopic (exact) mass is 279 g/mol. The molecule has 4 N–H and O–H groups in total. The topological polar surface area (TPSA) is 93.5 Å². The molecular weight excluding hydrogens is 258 g/mol. The molecule has 0 unspecified atom stereocenters. The molecule has 0 aliphatic carbocycles. The molecule has 0 fully saturated rings. The first kappa shape index (κ1) is 16.0. The van der Waals surface area contributed by atoms with Crippen LogP contribution in [0.25, 0.3) is 0 Å². The molecule has 0 saturated carbocycles. The summed E-state index contributed by atoms with van der Waals surface area (Å²) in [5.41, 5.74) is 10.5. The van der Waals surface area contributed by atoms with Crippen molar-refractivity contribution in [1.29, 1.82) is 0 Å². The summed E-state index contributed by atoms with van der Waals surface area (Å²) in [4.78, 5) is 23.1. The summed E-state index contributed by atoms with van der Waals surface area (Å²) in [5, 5.41) is 0. The molecule has 0 aliphatic rings. The Kier molecular flexibility index (Phi) is 5.52. The Morgan fingerprint density at radius 2 is 1.80 bits per heavy atom. The van der Waals surface area contributed by atoms with Gasteiger partial charge in [-0.05, 0) is 32.8 Å². The fourth-order valence-corrected chi connectivity index (χ4v) is 1.47. The first-order chi connectivity index (χ1) is 9.28. The maximum atomic E-state index is 11.7. The van der Waals surface area contributed by atoms with E-state index in [2.05, 4.69) is 10.9 Å². The molecule has 20 heavy (non-hydrogen) atoms. The Labute approximate surface area is 118 Å². The minimum atomic E-state index is -0.743. The molecule has 0 aromatic heterocycles. The van der Waals surface area contributed by atoms with Crippen molar-refractivity contribution in [2.24, 2.45) is 5.73 Å².